The maximum Gasteiger partial charge on any atom is 0.417 e. The van der Waals surface area contributed by atoms with Crippen LogP contribution in [0.4, 0.5) is 24.5 Å². The van der Waals surface area contributed by atoms with Gasteiger partial charge in [-0.3, -0.25) is 14.5 Å². The second kappa shape index (κ2) is 8.42. The van der Waals surface area contributed by atoms with Crippen LogP contribution < -0.4 is 10.2 Å². The Morgan fingerprint density at radius 3 is 2.62 bits per heavy atom. The molecular weight excluding hydrogens is 407 g/mol. The summed E-state index contributed by atoms with van der Waals surface area (Å²) in [6.07, 6.45) is -3.84. The molecule has 0 spiro atoms. The number of nitrogens with zero attached hydrogens (tertiary/aromatic N) is 2. The van der Waals surface area contributed by atoms with Crippen LogP contribution in [-0.4, -0.2) is 43.4 Å². The van der Waals surface area contributed by atoms with Crippen LogP contribution in [0.3, 0.4) is 0 Å². The van der Waals surface area contributed by atoms with Crippen molar-refractivity contribution in [2.24, 2.45) is 0 Å². The van der Waals surface area contributed by atoms with Crippen molar-refractivity contribution in [3.8, 4) is 0 Å². The van der Waals surface area contributed by atoms with Crippen molar-refractivity contribution >= 4 is 34.8 Å². The molecule has 9 heteroatoms. The van der Waals surface area contributed by atoms with Crippen molar-refractivity contribution in [2.45, 2.75) is 12.6 Å². The number of amides is 2. The first-order valence-electron chi connectivity index (χ1n) is 8.88. The SMILES string of the molecule is CN(CC(=O)Nc1ccc(Cl)c(C(F)(F)F)c1)CC(=O)N1CCc2ccccc21. The van der Waals surface area contributed by atoms with E-state index in [0.717, 1.165) is 29.8 Å². The summed E-state index contributed by atoms with van der Waals surface area (Å²) in [5.74, 6) is -0.673. The first-order valence-corrected chi connectivity index (χ1v) is 9.26. The van der Waals surface area contributed by atoms with E-state index in [1.54, 1.807) is 11.9 Å². The summed E-state index contributed by atoms with van der Waals surface area (Å²) in [6.45, 7) is 0.449. The zero-order valence-electron chi connectivity index (χ0n) is 15.6. The van der Waals surface area contributed by atoms with E-state index in [1.807, 2.05) is 24.3 Å². The predicted molar refractivity (Wildman–Crippen MR) is 105 cm³/mol. The molecular formula is C20H19ClF3N3O2. The highest BCUT2D eigenvalue weighted by Crippen LogP contribution is 2.36. The number of alkyl halides is 3. The normalized spacial score (nSPS) is 13.5. The lowest BCUT2D eigenvalue weighted by Gasteiger charge is -2.22. The third-order valence-corrected chi connectivity index (χ3v) is 4.89. The van der Waals surface area contributed by atoms with Gasteiger partial charge in [-0.2, -0.15) is 13.2 Å². The molecule has 2 amide bonds. The van der Waals surface area contributed by atoms with Gasteiger partial charge in [-0.15, -0.1) is 0 Å². The Morgan fingerprint density at radius 1 is 1.17 bits per heavy atom. The molecule has 1 aliphatic heterocycles. The number of likely N-dealkylation sites (N-methyl/N-ethyl adjacent to an activating group) is 1. The molecule has 0 saturated carbocycles. The molecule has 0 radical (unpaired) electrons. The summed E-state index contributed by atoms with van der Waals surface area (Å²) in [5.41, 5.74) is 0.939. The lowest BCUT2D eigenvalue weighted by molar-refractivity contribution is -0.137. The van der Waals surface area contributed by atoms with Crippen LogP contribution >= 0.6 is 11.6 Å². The first kappa shape index (κ1) is 21.1. The monoisotopic (exact) mass is 425 g/mol. The molecule has 3 rings (SSSR count). The van der Waals surface area contributed by atoms with Gasteiger partial charge in [-0.25, -0.2) is 0 Å². The number of anilines is 2. The second-order valence-electron chi connectivity index (χ2n) is 6.84. The molecule has 0 saturated heterocycles. The third-order valence-electron chi connectivity index (χ3n) is 4.56. The van der Waals surface area contributed by atoms with Crippen molar-refractivity contribution in [1.29, 1.82) is 0 Å². The van der Waals surface area contributed by atoms with Gasteiger partial charge in [0.25, 0.3) is 0 Å². The number of hydrogen-bond donors (Lipinski definition) is 1. The van der Waals surface area contributed by atoms with Crippen molar-refractivity contribution in [1.82, 2.24) is 4.90 Å². The summed E-state index contributed by atoms with van der Waals surface area (Å²) in [5, 5.41) is 1.97. The van der Waals surface area contributed by atoms with E-state index < -0.39 is 22.7 Å². The topological polar surface area (TPSA) is 52.7 Å². The lowest BCUT2D eigenvalue weighted by Crippen LogP contribution is -2.40. The second-order valence-corrected chi connectivity index (χ2v) is 7.24. The fourth-order valence-electron chi connectivity index (χ4n) is 3.24. The largest absolute Gasteiger partial charge is 0.417 e. The zero-order chi connectivity index (χ0) is 21.2. The van der Waals surface area contributed by atoms with Gasteiger partial charge >= 0.3 is 6.18 Å². The molecule has 2 aromatic carbocycles. The minimum atomic E-state index is -4.62. The van der Waals surface area contributed by atoms with Gasteiger partial charge in [-0.05, 0) is 43.3 Å². The molecule has 1 N–H and O–H groups in total. The fourth-order valence-corrected chi connectivity index (χ4v) is 3.46. The minimum absolute atomic E-state index is 0.0101. The molecule has 29 heavy (non-hydrogen) atoms. The van der Waals surface area contributed by atoms with Crippen LogP contribution in [0.15, 0.2) is 42.5 Å². The van der Waals surface area contributed by atoms with Gasteiger partial charge < -0.3 is 10.2 Å². The maximum absolute atomic E-state index is 12.9. The lowest BCUT2D eigenvalue weighted by atomic mass is 10.2. The Balaban J connectivity index is 1.57. The van der Waals surface area contributed by atoms with Crippen molar-refractivity contribution in [3.63, 3.8) is 0 Å². The standard InChI is InChI=1S/C20H19ClF3N3O2/c1-26(12-19(29)27-9-8-13-4-2-3-5-17(13)27)11-18(28)25-14-6-7-16(21)15(10-14)20(22,23)24/h2-7,10H,8-9,11-12H2,1H3,(H,25,28). The van der Waals surface area contributed by atoms with Gasteiger partial charge in [0.2, 0.25) is 11.8 Å². The van der Waals surface area contributed by atoms with E-state index in [9.17, 15) is 22.8 Å². The maximum atomic E-state index is 12.9. The highest BCUT2D eigenvalue weighted by Gasteiger charge is 2.33. The highest BCUT2D eigenvalue weighted by molar-refractivity contribution is 6.31. The minimum Gasteiger partial charge on any atom is -0.325 e. The Bertz CT molecular complexity index is 933. The number of benzene rings is 2. The third kappa shape index (κ3) is 5.07. The number of carbonyl (C=O) groups excluding carboxylic acids is 2. The summed E-state index contributed by atoms with van der Waals surface area (Å²) in [4.78, 5) is 27.9. The molecule has 0 bridgehead atoms. The molecule has 0 unspecified atom stereocenters. The zero-order valence-corrected chi connectivity index (χ0v) is 16.3. The molecule has 1 heterocycles. The Morgan fingerprint density at radius 2 is 1.90 bits per heavy atom. The molecule has 5 nitrogen and oxygen atoms in total. The molecule has 0 atom stereocenters. The number of carbonyl (C=O) groups is 2. The Kier molecular flexibility index (Phi) is 6.14. The van der Waals surface area contributed by atoms with Crippen molar-refractivity contribution in [2.75, 3.05) is 36.9 Å². The van der Waals surface area contributed by atoms with Crippen LogP contribution in [0.1, 0.15) is 11.1 Å². The fraction of sp³-hybridized carbons (Fsp3) is 0.300. The average Bonchev–Trinajstić information content (AvgIpc) is 3.06. The van der Waals surface area contributed by atoms with E-state index >= 15 is 0 Å². The molecule has 0 aliphatic carbocycles. The van der Waals surface area contributed by atoms with Crippen LogP contribution in [0.25, 0.3) is 0 Å². The van der Waals surface area contributed by atoms with E-state index in [0.29, 0.717) is 6.54 Å². The highest BCUT2D eigenvalue weighted by atomic mass is 35.5. The van der Waals surface area contributed by atoms with E-state index in [2.05, 4.69) is 5.32 Å². The van der Waals surface area contributed by atoms with Crippen LogP contribution in [0, 0.1) is 0 Å². The molecule has 0 fully saturated rings. The summed E-state index contributed by atoms with van der Waals surface area (Å²) in [7, 11) is 1.60. The van der Waals surface area contributed by atoms with Gasteiger partial charge in [0.15, 0.2) is 0 Å². The molecule has 154 valence electrons. The van der Waals surface area contributed by atoms with Crippen molar-refractivity contribution in [3.05, 3.63) is 58.6 Å². The number of para-hydroxylation sites is 1. The number of fused-ring (bicyclic) bond motifs is 1. The quantitative estimate of drug-likeness (QED) is 0.792. The van der Waals surface area contributed by atoms with E-state index in [-0.39, 0.29) is 24.7 Å². The van der Waals surface area contributed by atoms with Crippen LogP contribution in [-0.2, 0) is 22.2 Å². The predicted octanol–water partition coefficient (Wildman–Crippen LogP) is 3.82. The molecule has 1 aliphatic rings. The smallest absolute Gasteiger partial charge is 0.325 e. The summed E-state index contributed by atoms with van der Waals surface area (Å²) in [6, 6.07) is 10.8. The Labute approximate surface area is 171 Å². The van der Waals surface area contributed by atoms with Gasteiger partial charge in [0.05, 0.1) is 23.7 Å². The first-order chi connectivity index (χ1) is 13.6. The van der Waals surface area contributed by atoms with Crippen LogP contribution in [0.5, 0.6) is 0 Å². The van der Waals surface area contributed by atoms with E-state index in [4.69, 9.17) is 11.6 Å². The number of hydrogen-bond acceptors (Lipinski definition) is 3. The van der Waals surface area contributed by atoms with Crippen LogP contribution in [0.2, 0.25) is 5.02 Å². The van der Waals surface area contributed by atoms with Crippen molar-refractivity contribution < 1.29 is 22.8 Å². The average molecular weight is 426 g/mol. The number of rotatable bonds is 5. The van der Waals surface area contributed by atoms with Gasteiger partial charge in [-0.1, -0.05) is 29.8 Å². The molecule has 0 aromatic heterocycles. The summed E-state index contributed by atoms with van der Waals surface area (Å²) >= 11 is 5.57. The number of nitrogens with one attached hydrogen (secondary N) is 1. The van der Waals surface area contributed by atoms with Gasteiger partial charge in [0.1, 0.15) is 0 Å². The number of halogens is 4. The van der Waals surface area contributed by atoms with Gasteiger partial charge in [0, 0.05) is 17.9 Å². The molecule has 2 aromatic rings. The summed E-state index contributed by atoms with van der Waals surface area (Å²) < 4.78 is 38.8. The van der Waals surface area contributed by atoms with E-state index in [1.165, 1.54) is 11.0 Å². The Hall–Kier alpha value is -2.58.